The zero-order valence-corrected chi connectivity index (χ0v) is 13.0. The largest absolute Gasteiger partial charge is 0.490 e. The van der Waals surface area contributed by atoms with Gasteiger partial charge in [-0.15, -0.1) is 10.2 Å². The molecule has 0 bridgehead atoms. The van der Waals surface area contributed by atoms with E-state index in [0.717, 1.165) is 33.3 Å². The van der Waals surface area contributed by atoms with E-state index in [2.05, 4.69) is 22.0 Å². The Morgan fingerprint density at radius 3 is 2.70 bits per heavy atom. The number of rotatable bonds is 3. The predicted molar refractivity (Wildman–Crippen MR) is 83.0 cm³/mol. The van der Waals surface area contributed by atoms with Crippen molar-refractivity contribution in [2.24, 2.45) is 0 Å². The number of nitrogens with zero attached hydrogens (tertiary/aromatic N) is 2. The summed E-state index contributed by atoms with van der Waals surface area (Å²) in [6, 6.07) is 6.00. The minimum Gasteiger partial charge on any atom is -0.490 e. The van der Waals surface area contributed by atoms with Gasteiger partial charge in [-0.1, -0.05) is 30.1 Å². The van der Waals surface area contributed by atoms with Crippen molar-refractivity contribution in [2.45, 2.75) is 40.2 Å². The Hall–Kier alpha value is -1.86. The quantitative estimate of drug-likeness (QED) is 0.798. The first-order chi connectivity index (χ1) is 9.60. The molecule has 0 atom stereocenters. The molecule has 2 aromatic rings. The lowest BCUT2D eigenvalue weighted by Crippen LogP contribution is -2.06. The molecule has 1 heterocycles. The van der Waals surface area contributed by atoms with Crippen LogP contribution in [0, 0.1) is 18.8 Å². The van der Waals surface area contributed by atoms with Crippen LogP contribution in [0.4, 0.5) is 0 Å². The summed E-state index contributed by atoms with van der Waals surface area (Å²) in [6.07, 6.45) is 0.954. The molecule has 0 aliphatic heterocycles. The number of aryl methyl sites for hydroxylation is 1. The fourth-order valence-corrected chi connectivity index (χ4v) is 2.40. The van der Waals surface area contributed by atoms with Crippen molar-refractivity contribution in [1.29, 1.82) is 0 Å². The molecule has 20 heavy (non-hydrogen) atoms. The summed E-state index contributed by atoms with van der Waals surface area (Å²) in [7, 11) is 0. The summed E-state index contributed by atoms with van der Waals surface area (Å²) in [5.74, 6) is 7.09. The minimum atomic E-state index is 0.131. The highest BCUT2D eigenvalue weighted by molar-refractivity contribution is 7.14. The Bertz CT molecular complexity index is 650. The highest BCUT2D eigenvalue weighted by atomic mass is 32.1. The molecule has 2 rings (SSSR count). The number of benzene rings is 1. The van der Waals surface area contributed by atoms with Gasteiger partial charge in [0.25, 0.3) is 0 Å². The van der Waals surface area contributed by atoms with E-state index in [9.17, 15) is 0 Å². The molecular weight excluding hydrogens is 268 g/mol. The first-order valence-electron chi connectivity index (χ1n) is 6.70. The van der Waals surface area contributed by atoms with E-state index in [0.29, 0.717) is 0 Å². The zero-order chi connectivity index (χ0) is 14.5. The molecule has 4 heteroatoms. The standard InChI is InChI=1S/C16H18N2OS/c1-5-6-7-13-10-14(16-18-17-12(4)20-16)8-9-15(13)19-11(2)3/h8-11H,5H2,1-4H3. The summed E-state index contributed by atoms with van der Waals surface area (Å²) in [5.41, 5.74) is 1.94. The highest BCUT2D eigenvalue weighted by Gasteiger charge is 2.09. The molecule has 0 fully saturated rings. The zero-order valence-electron chi connectivity index (χ0n) is 12.2. The topological polar surface area (TPSA) is 35.0 Å². The van der Waals surface area contributed by atoms with Crippen LogP contribution in [-0.4, -0.2) is 16.3 Å². The van der Waals surface area contributed by atoms with Gasteiger partial charge in [-0.2, -0.15) is 0 Å². The third kappa shape index (κ3) is 3.58. The van der Waals surface area contributed by atoms with Crippen molar-refractivity contribution < 1.29 is 4.74 Å². The summed E-state index contributed by atoms with van der Waals surface area (Å²) in [4.78, 5) is 0. The van der Waals surface area contributed by atoms with E-state index >= 15 is 0 Å². The summed E-state index contributed by atoms with van der Waals surface area (Å²) in [5, 5.41) is 10.1. The number of hydrogen-bond donors (Lipinski definition) is 0. The van der Waals surface area contributed by atoms with Crippen molar-refractivity contribution in [3.63, 3.8) is 0 Å². The van der Waals surface area contributed by atoms with Crippen LogP contribution in [0.3, 0.4) is 0 Å². The predicted octanol–water partition coefficient (Wildman–Crippen LogP) is 4.06. The second-order valence-corrected chi connectivity index (χ2v) is 5.84. The average molecular weight is 286 g/mol. The van der Waals surface area contributed by atoms with Crippen LogP contribution < -0.4 is 4.74 Å². The third-order valence-electron chi connectivity index (χ3n) is 2.52. The second kappa shape index (κ2) is 6.53. The van der Waals surface area contributed by atoms with Crippen LogP contribution in [0.25, 0.3) is 10.6 Å². The number of aromatic nitrogens is 2. The van der Waals surface area contributed by atoms with Crippen molar-refractivity contribution in [2.75, 3.05) is 0 Å². The van der Waals surface area contributed by atoms with E-state index in [4.69, 9.17) is 4.74 Å². The fourth-order valence-electron chi connectivity index (χ4n) is 1.71. The molecule has 0 amide bonds. The molecular formula is C16H18N2OS. The number of ether oxygens (including phenoxy) is 1. The Morgan fingerprint density at radius 1 is 1.30 bits per heavy atom. The van der Waals surface area contributed by atoms with E-state index in [1.807, 2.05) is 45.9 Å². The van der Waals surface area contributed by atoms with Gasteiger partial charge in [0.05, 0.1) is 11.7 Å². The van der Waals surface area contributed by atoms with Gasteiger partial charge in [0, 0.05) is 12.0 Å². The Morgan fingerprint density at radius 2 is 2.10 bits per heavy atom. The van der Waals surface area contributed by atoms with Gasteiger partial charge in [0.2, 0.25) is 0 Å². The first kappa shape index (κ1) is 14.5. The lowest BCUT2D eigenvalue weighted by Gasteiger charge is -2.12. The van der Waals surface area contributed by atoms with Gasteiger partial charge in [0.15, 0.2) is 0 Å². The molecule has 0 saturated heterocycles. The lowest BCUT2D eigenvalue weighted by molar-refractivity contribution is 0.242. The number of hydrogen-bond acceptors (Lipinski definition) is 4. The van der Waals surface area contributed by atoms with E-state index in [-0.39, 0.29) is 6.10 Å². The molecule has 0 unspecified atom stereocenters. The normalized spacial score (nSPS) is 10.2. The summed E-state index contributed by atoms with van der Waals surface area (Å²) >= 11 is 1.58. The Kier molecular flexibility index (Phi) is 4.75. The third-order valence-corrected chi connectivity index (χ3v) is 3.40. The van der Waals surface area contributed by atoms with Gasteiger partial charge in [-0.3, -0.25) is 0 Å². The van der Waals surface area contributed by atoms with E-state index in [1.54, 1.807) is 11.3 Å². The molecule has 104 valence electrons. The smallest absolute Gasteiger partial charge is 0.147 e. The first-order valence-corrected chi connectivity index (χ1v) is 7.52. The molecule has 0 radical (unpaired) electrons. The van der Waals surface area contributed by atoms with Gasteiger partial charge < -0.3 is 4.74 Å². The van der Waals surface area contributed by atoms with Crippen LogP contribution >= 0.6 is 11.3 Å². The fraction of sp³-hybridized carbons (Fsp3) is 0.375. The van der Waals surface area contributed by atoms with Gasteiger partial charge >= 0.3 is 0 Å². The summed E-state index contributed by atoms with van der Waals surface area (Å²) in [6.45, 7) is 8.02. The second-order valence-electron chi connectivity index (χ2n) is 4.66. The Balaban J connectivity index is 2.42. The van der Waals surface area contributed by atoms with Crippen LogP contribution in [0.1, 0.15) is 37.8 Å². The molecule has 0 spiro atoms. The molecule has 3 nitrogen and oxygen atoms in total. The van der Waals surface area contributed by atoms with Crippen molar-refractivity contribution >= 4 is 11.3 Å². The SMILES string of the molecule is CCC#Cc1cc(-c2nnc(C)s2)ccc1OC(C)C. The Labute approximate surface area is 124 Å². The maximum Gasteiger partial charge on any atom is 0.147 e. The van der Waals surface area contributed by atoms with Crippen molar-refractivity contribution in [3.05, 3.63) is 28.8 Å². The minimum absolute atomic E-state index is 0.131. The van der Waals surface area contributed by atoms with E-state index < -0.39 is 0 Å². The monoisotopic (exact) mass is 286 g/mol. The van der Waals surface area contributed by atoms with Gasteiger partial charge in [0.1, 0.15) is 15.8 Å². The van der Waals surface area contributed by atoms with E-state index in [1.165, 1.54) is 0 Å². The summed E-state index contributed by atoms with van der Waals surface area (Å²) < 4.78 is 5.80. The highest BCUT2D eigenvalue weighted by Crippen LogP contribution is 2.28. The molecule has 1 aromatic heterocycles. The van der Waals surface area contributed by atoms with Crippen molar-refractivity contribution in [3.8, 4) is 28.2 Å². The molecule has 0 aliphatic carbocycles. The maximum absolute atomic E-state index is 5.80. The van der Waals surface area contributed by atoms with Crippen LogP contribution in [-0.2, 0) is 0 Å². The van der Waals surface area contributed by atoms with Gasteiger partial charge in [-0.25, -0.2) is 0 Å². The maximum atomic E-state index is 5.80. The lowest BCUT2D eigenvalue weighted by atomic mass is 10.1. The van der Waals surface area contributed by atoms with Crippen LogP contribution in [0.15, 0.2) is 18.2 Å². The van der Waals surface area contributed by atoms with Crippen LogP contribution in [0.2, 0.25) is 0 Å². The van der Waals surface area contributed by atoms with Gasteiger partial charge in [-0.05, 0) is 39.0 Å². The molecule has 0 saturated carbocycles. The molecule has 0 aliphatic rings. The molecule has 1 aromatic carbocycles. The average Bonchev–Trinajstić information content (AvgIpc) is 2.83. The molecule has 0 N–H and O–H groups in total. The van der Waals surface area contributed by atoms with Crippen molar-refractivity contribution in [1.82, 2.24) is 10.2 Å². The van der Waals surface area contributed by atoms with Crippen LogP contribution in [0.5, 0.6) is 5.75 Å².